The van der Waals surface area contributed by atoms with Crippen molar-refractivity contribution in [3.63, 3.8) is 0 Å². The smallest absolute Gasteiger partial charge is 0.295 e. The summed E-state index contributed by atoms with van der Waals surface area (Å²) in [5, 5.41) is 5.72. The highest BCUT2D eigenvalue weighted by molar-refractivity contribution is 6.05. The van der Waals surface area contributed by atoms with Gasteiger partial charge in [-0.25, -0.2) is 25.8 Å². The Labute approximate surface area is 365 Å². The molecule has 1 fully saturated rings. The monoisotopic (exact) mass is 880 g/mol. The van der Waals surface area contributed by atoms with Gasteiger partial charge in [0.1, 0.15) is 48.6 Å². The number of nitrogens with two attached hydrogens (primary N) is 3. The lowest BCUT2D eigenvalue weighted by molar-refractivity contribution is -0.153. The number of rotatable bonds is 10. The number of oxazole rings is 2. The van der Waals surface area contributed by atoms with Crippen molar-refractivity contribution in [1.29, 1.82) is 0 Å². The number of anilines is 2. The Bertz CT molecular complexity index is 2810. The van der Waals surface area contributed by atoms with Crippen molar-refractivity contribution < 1.29 is 47.1 Å². The van der Waals surface area contributed by atoms with Gasteiger partial charge in [0, 0.05) is 51.2 Å². The summed E-state index contributed by atoms with van der Waals surface area (Å²) in [5.41, 5.74) is 12.2. The van der Waals surface area contributed by atoms with Crippen LogP contribution in [0.5, 0.6) is 11.5 Å². The Hall–Kier alpha value is -7.43. The quantitative estimate of drug-likeness (QED) is 0.0750. The van der Waals surface area contributed by atoms with Crippen LogP contribution in [-0.2, 0) is 35.6 Å². The van der Waals surface area contributed by atoms with Gasteiger partial charge in [0.05, 0.1) is 27.8 Å². The van der Waals surface area contributed by atoms with Gasteiger partial charge >= 0.3 is 0 Å². The van der Waals surface area contributed by atoms with Crippen LogP contribution in [0.3, 0.4) is 0 Å². The predicted molar refractivity (Wildman–Crippen MR) is 230 cm³/mol. The van der Waals surface area contributed by atoms with Gasteiger partial charge in [-0.05, 0) is 44.2 Å². The number of primary amides is 1. The second-order valence-electron chi connectivity index (χ2n) is 15.0. The molecule has 6 aromatic rings. The second-order valence-corrected chi connectivity index (χ2v) is 15.0. The zero-order chi connectivity index (χ0) is 45.9. The minimum Gasteiger partial charge on any atom is -0.490 e. The summed E-state index contributed by atoms with van der Waals surface area (Å²) >= 11 is 0. The summed E-state index contributed by atoms with van der Waals surface area (Å²) in [6.45, 7) is 7.09. The number of amides is 4. The number of likely N-dealkylation sites (tertiary alicyclic amines) is 1. The highest BCUT2D eigenvalue weighted by Crippen LogP contribution is 2.38. The molecule has 1 spiro atoms. The van der Waals surface area contributed by atoms with Gasteiger partial charge in [0.15, 0.2) is 11.8 Å². The molecule has 8 rings (SSSR count). The minimum absolute atomic E-state index is 0.0274. The fourth-order valence-electron chi connectivity index (χ4n) is 7.70. The molecule has 0 radical (unpaired) electrons. The number of aromatic nitrogens is 6. The first-order chi connectivity index (χ1) is 30.8. The third-order valence-corrected chi connectivity index (χ3v) is 10.6. The second kappa shape index (κ2) is 18.5. The predicted octanol–water partition coefficient (Wildman–Crippen LogP) is 2.84. The number of nitrogens with zero attached hydrogens (tertiary/aromatic N) is 7. The molecule has 0 saturated carbocycles. The van der Waals surface area contributed by atoms with E-state index in [9.17, 15) is 24.0 Å². The molecule has 336 valence electrons. The van der Waals surface area contributed by atoms with E-state index in [1.165, 1.54) is 24.1 Å². The third kappa shape index (κ3) is 8.65. The number of carbonyl (C=O) groups is 5. The van der Waals surface area contributed by atoms with Crippen molar-refractivity contribution in [3.8, 4) is 11.5 Å². The van der Waals surface area contributed by atoms with E-state index in [0.717, 1.165) is 0 Å². The van der Waals surface area contributed by atoms with Gasteiger partial charge in [-0.15, -0.1) is 0 Å². The Morgan fingerprint density at radius 2 is 1.28 bits per heavy atom. The number of ether oxygens (including phenoxy) is 2. The van der Waals surface area contributed by atoms with Gasteiger partial charge in [0.2, 0.25) is 29.3 Å². The first-order valence-electron chi connectivity index (χ1n) is 20.3. The molecule has 6 heterocycles. The molecule has 4 aromatic heterocycles. The van der Waals surface area contributed by atoms with Crippen molar-refractivity contribution in [2.24, 2.45) is 22.8 Å². The van der Waals surface area contributed by atoms with E-state index < -0.39 is 23.1 Å². The van der Waals surface area contributed by atoms with Crippen LogP contribution in [0.15, 0.2) is 45.3 Å². The van der Waals surface area contributed by atoms with E-state index in [1.807, 2.05) is 19.9 Å². The van der Waals surface area contributed by atoms with Crippen LogP contribution >= 0.6 is 0 Å². The van der Waals surface area contributed by atoms with Gasteiger partial charge in [-0.2, -0.15) is 0 Å². The van der Waals surface area contributed by atoms with Crippen molar-refractivity contribution in [2.45, 2.75) is 53.6 Å². The van der Waals surface area contributed by atoms with Gasteiger partial charge in [-0.3, -0.25) is 39.4 Å². The zero-order valence-electron chi connectivity index (χ0n) is 35.9. The van der Waals surface area contributed by atoms with E-state index in [0.29, 0.717) is 58.8 Å². The molecule has 2 aliphatic rings. The maximum atomic E-state index is 13.7. The average Bonchev–Trinajstić information content (AvgIpc) is 4.03. The normalized spacial score (nSPS) is 14.9. The van der Waals surface area contributed by atoms with Crippen LogP contribution < -0.4 is 37.5 Å². The lowest BCUT2D eigenvalue weighted by Gasteiger charge is -2.49. The number of nitrogens with one attached hydrogen (secondary N) is 2. The summed E-state index contributed by atoms with van der Waals surface area (Å²) in [4.78, 5) is 89.5. The minimum atomic E-state index is -0.869. The highest BCUT2D eigenvalue weighted by Gasteiger charge is 2.47. The summed E-state index contributed by atoms with van der Waals surface area (Å²) in [6, 6.07) is 6.14. The SMILES string of the molecule is CCc1nc(C)oc1C(=O)Nc1nc2cc(C=O)cc3c2n1C/C=C/Cn1c(NC(=O)c2oc(C)nc2CC)nc2cc(C(N)=O)cc(c21)OCC1(CO3)CN(C(=O)CON)C1.CN. The molecular formula is C42H48N12O10. The molecule has 22 nitrogen and oxygen atoms in total. The molecule has 0 unspecified atom stereocenters. The van der Waals surface area contributed by atoms with Crippen molar-refractivity contribution >= 4 is 63.9 Å². The molecule has 0 aliphatic carbocycles. The molecule has 1 saturated heterocycles. The number of hydrogen-bond acceptors (Lipinski definition) is 16. The van der Waals surface area contributed by atoms with Crippen LogP contribution in [0.2, 0.25) is 0 Å². The van der Waals surface area contributed by atoms with E-state index in [1.54, 1.807) is 41.2 Å². The van der Waals surface area contributed by atoms with Crippen LogP contribution in [0.25, 0.3) is 22.1 Å². The van der Waals surface area contributed by atoms with E-state index in [-0.39, 0.29) is 103 Å². The fraction of sp³-hybridized carbons (Fsp3) is 0.357. The van der Waals surface area contributed by atoms with E-state index in [4.69, 9.17) is 39.9 Å². The highest BCUT2D eigenvalue weighted by atomic mass is 16.6. The topological polar surface area (TPSA) is 306 Å². The summed E-state index contributed by atoms with van der Waals surface area (Å²) in [6.07, 6.45) is 5.16. The molecule has 0 atom stereocenters. The summed E-state index contributed by atoms with van der Waals surface area (Å²) in [5.74, 6) is 4.37. The zero-order valence-corrected chi connectivity index (χ0v) is 35.9. The molecular weight excluding hydrogens is 833 g/mol. The van der Waals surface area contributed by atoms with Crippen molar-refractivity contribution in [3.05, 3.63) is 82.2 Å². The van der Waals surface area contributed by atoms with Crippen molar-refractivity contribution in [1.82, 2.24) is 34.0 Å². The number of hydrogen-bond donors (Lipinski definition) is 5. The Balaban J connectivity index is 0.00000302. The molecule has 22 heteroatoms. The Morgan fingerprint density at radius 1 is 0.781 bits per heavy atom. The number of allylic oxidation sites excluding steroid dienone is 2. The molecule has 2 aromatic carbocycles. The summed E-state index contributed by atoms with van der Waals surface area (Å²) < 4.78 is 27.9. The Morgan fingerprint density at radius 3 is 1.75 bits per heavy atom. The Kier molecular flexibility index (Phi) is 12.9. The van der Waals surface area contributed by atoms with Crippen LogP contribution in [0, 0.1) is 19.3 Å². The van der Waals surface area contributed by atoms with E-state index >= 15 is 0 Å². The van der Waals surface area contributed by atoms with Gasteiger partial charge in [0.25, 0.3) is 17.7 Å². The first-order valence-corrected chi connectivity index (χ1v) is 20.3. The molecule has 4 amide bonds. The standard InChI is InChI=1S/C41H43N11O10.CH5N/c1-5-25-34(61-21(3)44-25)37(56)48-39-46-27-11-23(15-53)12-29-32(27)51(39)9-7-8-10-52-33-28(47-40(52)49-38(57)35-26(6-2)45-22(4)62-35)13-24(36(42)55)14-30(33)59-20-41(19-58-29)17-50(18-41)31(54)16-60-43;1-2/h7-8,11-15H,5-6,9-10,16-20,43H2,1-4H3,(H2,42,55)(H,46,48,56)(H,47,49,57);2H2,1H3/b8-7+;. The first kappa shape index (κ1) is 44.6. The third-order valence-electron chi connectivity index (χ3n) is 10.6. The maximum absolute atomic E-state index is 13.7. The fourth-order valence-corrected chi connectivity index (χ4v) is 7.70. The summed E-state index contributed by atoms with van der Waals surface area (Å²) in [7, 11) is 1.50. The van der Waals surface area contributed by atoms with E-state index in [2.05, 4.69) is 31.2 Å². The van der Waals surface area contributed by atoms with Crippen LogP contribution in [0.1, 0.15) is 78.8 Å². The molecule has 64 heavy (non-hydrogen) atoms. The van der Waals surface area contributed by atoms with Gasteiger partial charge < -0.3 is 43.8 Å². The number of carbonyl (C=O) groups excluding carboxylic acids is 5. The van der Waals surface area contributed by atoms with Crippen molar-refractivity contribution in [2.75, 3.05) is 50.6 Å². The van der Waals surface area contributed by atoms with Crippen LogP contribution in [0.4, 0.5) is 11.9 Å². The number of aldehydes is 1. The number of benzene rings is 2. The lowest BCUT2D eigenvalue weighted by Crippen LogP contribution is -2.64. The number of aryl methyl sites for hydroxylation is 4. The largest absolute Gasteiger partial charge is 0.490 e. The average molecular weight is 881 g/mol. The maximum Gasteiger partial charge on any atom is 0.295 e. The lowest BCUT2D eigenvalue weighted by atomic mass is 9.81. The van der Waals surface area contributed by atoms with Gasteiger partial charge in [-0.1, -0.05) is 26.0 Å². The van der Waals surface area contributed by atoms with Crippen LogP contribution in [-0.4, -0.2) is 104 Å². The number of imidazole rings is 2. The molecule has 0 bridgehead atoms. The molecule has 2 aliphatic heterocycles. The molecule has 8 N–H and O–H groups in total.